The van der Waals surface area contributed by atoms with Gasteiger partial charge in [0.25, 0.3) is 0 Å². The first kappa shape index (κ1) is 24.3. The molecule has 1 fully saturated rings. The number of sulfonamides is 1. The fourth-order valence-corrected chi connectivity index (χ4v) is 4.77. The van der Waals surface area contributed by atoms with Gasteiger partial charge in [0.05, 0.1) is 11.9 Å². The molecule has 1 aliphatic heterocycles. The summed E-state index contributed by atoms with van der Waals surface area (Å²) in [5.41, 5.74) is 2.51. The molecule has 2 amide bonds. The fourth-order valence-electron chi connectivity index (χ4n) is 3.92. The Kier molecular flexibility index (Phi) is 7.07. The predicted octanol–water partition coefficient (Wildman–Crippen LogP) is 4.32. The van der Waals surface area contributed by atoms with Gasteiger partial charge in [0.15, 0.2) is 0 Å². The molecule has 0 saturated carbocycles. The smallest absolute Gasteiger partial charge is 0.245 e. The Morgan fingerprint density at radius 1 is 1.03 bits per heavy atom. The van der Waals surface area contributed by atoms with Crippen molar-refractivity contribution in [2.45, 2.75) is 19.8 Å². The number of nitrogens with zero attached hydrogens (tertiary/aromatic N) is 2. The highest BCUT2D eigenvalue weighted by molar-refractivity contribution is 7.92. The molecule has 0 spiro atoms. The van der Waals surface area contributed by atoms with Crippen molar-refractivity contribution in [1.82, 2.24) is 0 Å². The van der Waals surface area contributed by atoms with Crippen LogP contribution in [0.4, 0.5) is 17.1 Å². The van der Waals surface area contributed by atoms with E-state index in [1.165, 1.54) is 0 Å². The third kappa shape index (κ3) is 5.99. The number of ether oxygens (including phenoxy) is 1. The van der Waals surface area contributed by atoms with E-state index in [-0.39, 0.29) is 5.91 Å². The number of nitrogens with one attached hydrogen (secondary N) is 1. The van der Waals surface area contributed by atoms with E-state index >= 15 is 0 Å². The van der Waals surface area contributed by atoms with Gasteiger partial charge in [0.1, 0.15) is 18.0 Å². The van der Waals surface area contributed by atoms with Crippen LogP contribution in [-0.4, -0.2) is 39.6 Å². The molecule has 1 N–H and O–H groups in total. The summed E-state index contributed by atoms with van der Waals surface area (Å²) in [6, 6.07) is 21.0. The fraction of sp³-hybridized carbons (Fsp3) is 0.231. The van der Waals surface area contributed by atoms with Crippen LogP contribution in [0.2, 0.25) is 0 Å². The topological polar surface area (TPSA) is 96.0 Å². The number of hydrogen-bond donors (Lipinski definition) is 1. The molecule has 182 valence electrons. The summed E-state index contributed by atoms with van der Waals surface area (Å²) in [5.74, 6) is 0.760. The van der Waals surface area contributed by atoms with E-state index < -0.39 is 22.5 Å². The van der Waals surface area contributed by atoms with Gasteiger partial charge < -0.3 is 15.0 Å². The van der Waals surface area contributed by atoms with E-state index in [9.17, 15) is 18.0 Å². The minimum atomic E-state index is -3.73. The molecule has 4 rings (SSSR count). The summed E-state index contributed by atoms with van der Waals surface area (Å²) in [6.45, 7) is 2.15. The van der Waals surface area contributed by atoms with Crippen molar-refractivity contribution in [1.29, 1.82) is 0 Å². The Morgan fingerprint density at radius 2 is 1.71 bits per heavy atom. The Morgan fingerprint density at radius 3 is 2.34 bits per heavy atom. The number of benzene rings is 3. The molecular weight excluding hydrogens is 466 g/mol. The van der Waals surface area contributed by atoms with Crippen molar-refractivity contribution in [2.24, 2.45) is 0 Å². The average Bonchev–Trinajstić information content (AvgIpc) is 3.25. The van der Waals surface area contributed by atoms with Crippen LogP contribution >= 0.6 is 0 Å². The van der Waals surface area contributed by atoms with Gasteiger partial charge in [-0.1, -0.05) is 24.3 Å². The third-order valence-corrected chi connectivity index (χ3v) is 6.79. The molecule has 8 nitrogen and oxygen atoms in total. The molecule has 1 heterocycles. The van der Waals surface area contributed by atoms with Crippen LogP contribution in [0.5, 0.6) is 11.5 Å². The van der Waals surface area contributed by atoms with Crippen LogP contribution in [0.15, 0.2) is 72.8 Å². The van der Waals surface area contributed by atoms with Gasteiger partial charge >= 0.3 is 0 Å². The second-order valence-electron chi connectivity index (χ2n) is 8.38. The molecule has 0 aliphatic carbocycles. The van der Waals surface area contributed by atoms with E-state index in [1.54, 1.807) is 41.3 Å². The summed E-state index contributed by atoms with van der Waals surface area (Å²) in [4.78, 5) is 26.7. The average molecular weight is 494 g/mol. The monoisotopic (exact) mass is 493 g/mol. The summed E-state index contributed by atoms with van der Waals surface area (Å²) < 4.78 is 31.7. The minimum absolute atomic E-state index is 0.0551. The zero-order valence-electron chi connectivity index (χ0n) is 19.6. The first-order chi connectivity index (χ1) is 16.7. The highest BCUT2D eigenvalue weighted by Gasteiger charge is 2.24. The van der Waals surface area contributed by atoms with E-state index in [1.807, 2.05) is 43.3 Å². The summed E-state index contributed by atoms with van der Waals surface area (Å²) in [5, 5.41) is 2.76. The maximum Gasteiger partial charge on any atom is 0.245 e. The highest BCUT2D eigenvalue weighted by atomic mass is 32.2. The van der Waals surface area contributed by atoms with Crippen molar-refractivity contribution in [2.75, 3.05) is 33.9 Å². The molecule has 3 aromatic rings. The lowest BCUT2D eigenvalue weighted by Gasteiger charge is -2.23. The quantitative estimate of drug-likeness (QED) is 0.504. The molecule has 0 unspecified atom stereocenters. The summed E-state index contributed by atoms with van der Waals surface area (Å²) in [6.07, 6.45) is 2.36. The summed E-state index contributed by atoms with van der Waals surface area (Å²) >= 11 is 0. The van der Waals surface area contributed by atoms with Crippen LogP contribution in [0.3, 0.4) is 0 Å². The van der Waals surface area contributed by atoms with Crippen molar-refractivity contribution in [3.8, 4) is 11.5 Å². The lowest BCUT2D eigenvalue weighted by Crippen LogP contribution is -2.37. The maximum absolute atomic E-state index is 12.8. The number of hydrogen-bond acceptors (Lipinski definition) is 5. The van der Waals surface area contributed by atoms with Crippen LogP contribution in [-0.2, 0) is 19.6 Å². The standard InChI is InChI=1S/C26H27N3O5S/c1-19-10-11-20(17-24(19)28-16-6-9-26(28)31)27-25(30)18-29(35(2,32)33)21-12-14-23(15-13-21)34-22-7-4-3-5-8-22/h3-5,7-8,10-15,17H,6,9,16,18H2,1-2H3,(H,27,30). The van der Waals surface area contributed by atoms with Gasteiger partial charge in [0, 0.05) is 24.3 Å². The number of rotatable bonds is 8. The SMILES string of the molecule is Cc1ccc(NC(=O)CN(c2ccc(Oc3ccccc3)cc2)S(C)(=O)=O)cc1N1CCCC1=O. The zero-order valence-corrected chi connectivity index (χ0v) is 20.4. The molecule has 1 aliphatic rings. The third-order valence-electron chi connectivity index (χ3n) is 5.65. The first-order valence-corrected chi connectivity index (χ1v) is 13.1. The molecule has 1 saturated heterocycles. The lowest BCUT2D eigenvalue weighted by atomic mass is 10.1. The molecule has 0 radical (unpaired) electrons. The minimum Gasteiger partial charge on any atom is -0.457 e. The molecule has 35 heavy (non-hydrogen) atoms. The van der Waals surface area contributed by atoms with Crippen molar-refractivity contribution < 1.29 is 22.7 Å². The molecule has 9 heteroatoms. The highest BCUT2D eigenvalue weighted by Crippen LogP contribution is 2.29. The van der Waals surface area contributed by atoms with Crippen molar-refractivity contribution >= 4 is 38.9 Å². The second-order valence-corrected chi connectivity index (χ2v) is 10.3. The molecule has 0 atom stereocenters. The first-order valence-electron chi connectivity index (χ1n) is 11.2. The lowest BCUT2D eigenvalue weighted by molar-refractivity contribution is -0.117. The van der Waals surface area contributed by atoms with Gasteiger partial charge in [-0.2, -0.15) is 0 Å². The number of carbonyl (C=O) groups is 2. The van der Waals surface area contributed by atoms with Gasteiger partial charge in [0.2, 0.25) is 21.8 Å². The van der Waals surface area contributed by atoms with Crippen LogP contribution < -0.4 is 19.3 Å². The number of aryl methyl sites for hydroxylation is 1. The Balaban J connectivity index is 1.48. The van der Waals surface area contributed by atoms with Gasteiger partial charge in [-0.3, -0.25) is 13.9 Å². The summed E-state index contributed by atoms with van der Waals surface area (Å²) in [7, 11) is -3.73. The number of para-hydroxylation sites is 1. The van der Waals surface area contributed by atoms with Crippen LogP contribution in [0.1, 0.15) is 18.4 Å². The van der Waals surface area contributed by atoms with Crippen LogP contribution in [0.25, 0.3) is 0 Å². The van der Waals surface area contributed by atoms with Crippen molar-refractivity contribution in [3.05, 3.63) is 78.4 Å². The number of carbonyl (C=O) groups excluding carboxylic acids is 2. The Bertz CT molecular complexity index is 1320. The molecule has 0 bridgehead atoms. The molecule has 3 aromatic carbocycles. The van der Waals surface area contributed by atoms with Gasteiger partial charge in [-0.05, 0) is 67.4 Å². The Labute approximate surface area is 205 Å². The number of amides is 2. The second kappa shape index (κ2) is 10.2. The maximum atomic E-state index is 12.8. The van der Waals surface area contributed by atoms with E-state index in [0.29, 0.717) is 35.8 Å². The normalized spacial score (nSPS) is 13.5. The molecule has 0 aromatic heterocycles. The number of anilines is 3. The van der Waals surface area contributed by atoms with Crippen molar-refractivity contribution in [3.63, 3.8) is 0 Å². The van der Waals surface area contributed by atoms with E-state index in [2.05, 4.69) is 5.32 Å². The van der Waals surface area contributed by atoms with Gasteiger partial charge in [-0.25, -0.2) is 8.42 Å². The molecular formula is C26H27N3O5S. The van der Waals surface area contributed by atoms with Gasteiger partial charge in [-0.15, -0.1) is 0 Å². The zero-order chi connectivity index (χ0) is 25.0. The predicted molar refractivity (Wildman–Crippen MR) is 137 cm³/mol. The largest absolute Gasteiger partial charge is 0.457 e. The van der Waals surface area contributed by atoms with E-state index in [4.69, 9.17) is 4.74 Å². The van der Waals surface area contributed by atoms with E-state index in [0.717, 1.165) is 28.2 Å². The Hall–Kier alpha value is -3.85. The van der Waals surface area contributed by atoms with Crippen LogP contribution in [0, 0.1) is 6.92 Å².